The zero-order chi connectivity index (χ0) is 12.4. The maximum Gasteiger partial charge on any atom is 0.307 e. The van der Waals surface area contributed by atoms with E-state index in [1.807, 2.05) is 0 Å². The molecule has 0 saturated carbocycles. The average molecular weight is 241 g/mol. The van der Waals surface area contributed by atoms with E-state index in [9.17, 15) is 13.6 Å². The molecule has 1 aromatic carbocycles. The summed E-state index contributed by atoms with van der Waals surface area (Å²) in [4.78, 5) is 12.5. The highest BCUT2D eigenvalue weighted by molar-refractivity contribution is 5.70. The first-order valence-electron chi connectivity index (χ1n) is 5.46. The van der Waals surface area contributed by atoms with Gasteiger partial charge in [-0.05, 0) is 25.1 Å². The van der Waals surface area contributed by atoms with E-state index in [-0.39, 0.29) is 12.1 Å². The van der Waals surface area contributed by atoms with E-state index in [2.05, 4.69) is 0 Å². The number of carbonyl (C=O) groups is 1. The quantitative estimate of drug-likeness (QED) is 0.878. The van der Waals surface area contributed by atoms with E-state index in [0.717, 1.165) is 0 Å². The van der Waals surface area contributed by atoms with Crippen LogP contribution < -0.4 is 0 Å². The number of likely N-dealkylation sites (tertiary alicyclic amines) is 1. The molecule has 2 rings (SSSR count). The molecule has 0 aliphatic carbocycles. The summed E-state index contributed by atoms with van der Waals surface area (Å²) in [5.74, 6) is -2.43. The Kier molecular flexibility index (Phi) is 3.38. The van der Waals surface area contributed by atoms with Crippen LogP contribution in [0.5, 0.6) is 0 Å². The van der Waals surface area contributed by atoms with Crippen LogP contribution in [0.2, 0.25) is 0 Å². The molecule has 1 N–H and O–H groups in total. The zero-order valence-corrected chi connectivity index (χ0v) is 9.20. The molecule has 0 amide bonds. The maximum absolute atomic E-state index is 13.4. The van der Waals surface area contributed by atoms with Crippen molar-refractivity contribution in [3.05, 3.63) is 35.4 Å². The lowest BCUT2D eigenvalue weighted by Crippen LogP contribution is -2.23. The highest BCUT2D eigenvalue weighted by Gasteiger charge is 2.28. The number of hydrogen-bond acceptors (Lipinski definition) is 2. The number of rotatable bonds is 3. The standard InChI is InChI=1S/C12H13F2NO2/c13-10-2-1-3-11(14)9(10)7-15-5-4-8(6-15)12(16)17/h1-3,8H,4-7H2,(H,16,17). The second-order valence-corrected chi connectivity index (χ2v) is 4.26. The van der Waals surface area contributed by atoms with E-state index in [1.165, 1.54) is 18.2 Å². The molecule has 17 heavy (non-hydrogen) atoms. The van der Waals surface area contributed by atoms with Gasteiger partial charge in [0.1, 0.15) is 11.6 Å². The molecule has 0 aromatic heterocycles. The lowest BCUT2D eigenvalue weighted by molar-refractivity contribution is -0.141. The van der Waals surface area contributed by atoms with Gasteiger partial charge in [-0.2, -0.15) is 0 Å². The molecule has 1 aromatic rings. The molecule has 5 heteroatoms. The zero-order valence-electron chi connectivity index (χ0n) is 9.20. The number of hydrogen-bond donors (Lipinski definition) is 1. The van der Waals surface area contributed by atoms with E-state index >= 15 is 0 Å². The second kappa shape index (κ2) is 4.79. The third kappa shape index (κ3) is 2.61. The molecule has 0 spiro atoms. The summed E-state index contributed by atoms with van der Waals surface area (Å²) >= 11 is 0. The van der Waals surface area contributed by atoms with Crippen molar-refractivity contribution in [1.82, 2.24) is 4.90 Å². The smallest absolute Gasteiger partial charge is 0.307 e. The first-order valence-corrected chi connectivity index (χ1v) is 5.46. The highest BCUT2D eigenvalue weighted by Crippen LogP contribution is 2.21. The maximum atomic E-state index is 13.4. The monoisotopic (exact) mass is 241 g/mol. The van der Waals surface area contributed by atoms with Gasteiger partial charge in [0.15, 0.2) is 0 Å². The van der Waals surface area contributed by atoms with Gasteiger partial charge in [-0.1, -0.05) is 6.07 Å². The van der Waals surface area contributed by atoms with E-state index in [1.54, 1.807) is 4.90 Å². The fourth-order valence-electron chi connectivity index (χ4n) is 2.08. The van der Waals surface area contributed by atoms with Crippen LogP contribution in [0, 0.1) is 17.6 Å². The lowest BCUT2D eigenvalue weighted by Gasteiger charge is -2.16. The topological polar surface area (TPSA) is 40.5 Å². The van der Waals surface area contributed by atoms with Gasteiger partial charge in [0.05, 0.1) is 5.92 Å². The molecule has 92 valence electrons. The molecule has 1 saturated heterocycles. The van der Waals surface area contributed by atoms with Crippen LogP contribution in [-0.4, -0.2) is 29.1 Å². The van der Waals surface area contributed by atoms with Crippen LogP contribution in [0.25, 0.3) is 0 Å². The molecule has 1 atom stereocenters. The van der Waals surface area contributed by atoms with Crippen molar-refractivity contribution in [1.29, 1.82) is 0 Å². The van der Waals surface area contributed by atoms with Gasteiger partial charge in [0.25, 0.3) is 0 Å². The Hall–Kier alpha value is -1.49. The van der Waals surface area contributed by atoms with Crippen molar-refractivity contribution in [2.24, 2.45) is 5.92 Å². The number of benzene rings is 1. The van der Waals surface area contributed by atoms with E-state index in [4.69, 9.17) is 5.11 Å². The van der Waals surface area contributed by atoms with Gasteiger partial charge >= 0.3 is 5.97 Å². The Morgan fingerprint density at radius 1 is 1.41 bits per heavy atom. The van der Waals surface area contributed by atoms with Crippen LogP contribution in [0.1, 0.15) is 12.0 Å². The number of carboxylic acids is 1. The summed E-state index contributed by atoms with van der Waals surface area (Å²) in [6, 6.07) is 3.74. The van der Waals surface area contributed by atoms with Gasteiger partial charge in [0, 0.05) is 18.7 Å². The molecule has 1 aliphatic rings. The fraction of sp³-hybridized carbons (Fsp3) is 0.417. The molecular formula is C12H13F2NO2. The van der Waals surface area contributed by atoms with Crippen molar-refractivity contribution in [3.8, 4) is 0 Å². The summed E-state index contributed by atoms with van der Waals surface area (Å²) in [7, 11) is 0. The van der Waals surface area contributed by atoms with Crippen LogP contribution in [-0.2, 0) is 11.3 Å². The summed E-state index contributed by atoms with van der Waals surface area (Å²) in [5.41, 5.74) is 0.0125. The van der Waals surface area contributed by atoms with Crippen molar-refractivity contribution < 1.29 is 18.7 Å². The lowest BCUT2D eigenvalue weighted by atomic mass is 10.1. The Labute approximate surface area is 97.7 Å². The second-order valence-electron chi connectivity index (χ2n) is 4.26. The Morgan fingerprint density at radius 2 is 2.06 bits per heavy atom. The van der Waals surface area contributed by atoms with Crippen LogP contribution in [0.15, 0.2) is 18.2 Å². The Bertz CT molecular complexity index is 416. The molecule has 1 heterocycles. The van der Waals surface area contributed by atoms with E-state index < -0.39 is 23.5 Å². The minimum Gasteiger partial charge on any atom is -0.481 e. The number of halogens is 2. The van der Waals surface area contributed by atoms with Gasteiger partial charge in [-0.3, -0.25) is 9.69 Å². The van der Waals surface area contributed by atoms with Crippen molar-refractivity contribution in [2.45, 2.75) is 13.0 Å². The highest BCUT2D eigenvalue weighted by atomic mass is 19.1. The summed E-state index contributed by atoms with van der Waals surface area (Å²) < 4.78 is 26.8. The molecule has 1 fully saturated rings. The van der Waals surface area contributed by atoms with Gasteiger partial charge in [-0.15, -0.1) is 0 Å². The predicted octanol–water partition coefficient (Wildman–Crippen LogP) is 1.87. The molecule has 0 radical (unpaired) electrons. The Balaban J connectivity index is 2.05. The van der Waals surface area contributed by atoms with Gasteiger partial charge < -0.3 is 5.11 Å². The minimum absolute atomic E-state index is 0.0125. The normalized spacial score (nSPS) is 20.7. The molecule has 1 aliphatic heterocycles. The minimum atomic E-state index is -0.846. The van der Waals surface area contributed by atoms with Crippen LogP contribution in [0.4, 0.5) is 8.78 Å². The van der Waals surface area contributed by atoms with Crippen molar-refractivity contribution in [3.63, 3.8) is 0 Å². The number of nitrogens with zero attached hydrogens (tertiary/aromatic N) is 1. The largest absolute Gasteiger partial charge is 0.481 e. The van der Waals surface area contributed by atoms with E-state index in [0.29, 0.717) is 19.5 Å². The van der Waals surface area contributed by atoms with Crippen molar-refractivity contribution in [2.75, 3.05) is 13.1 Å². The summed E-state index contributed by atoms with van der Waals surface area (Å²) in [6.07, 6.45) is 0.533. The van der Waals surface area contributed by atoms with Crippen molar-refractivity contribution >= 4 is 5.97 Å². The van der Waals surface area contributed by atoms with Gasteiger partial charge in [0.2, 0.25) is 0 Å². The third-order valence-electron chi connectivity index (χ3n) is 3.07. The fourth-order valence-corrected chi connectivity index (χ4v) is 2.08. The predicted molar refractivity (Wildman–Crippen MR) is 57.4 cm³/mol. The summed E-state index contributed by atoms with van der Waals surface area (Å²) in [6.45, 7) is 1.04. The van der Waals surface area contributed by atoms with Crippen LogP contribution >= 0.6 is 0 Å². The summed E-state index contributed by atoms with van der Waals surface area (Å²) in [5, 5.41) is 8.83. The molecular weight excluding hydrogens is 228 g/mol. The SMILES string of the molecule is O=C(O)C1CCN(Cc2c(F)cccc2F)C1. The Morgan fingerprint density at radius 3 is 2.59 bits per heavy atom. The molecule has 0 bridgehead atoms. The number of carboxylic acid groups (broad SMARTS) is 1. The molecule has 1 unspecified atom stereocenters. The molecule has 3 nitrogen and oxygen atoms in total. The first kappa shape index (κ1) is 12.0. The average Bonchev–Trinajstić information content (AvgIpc) is 2.72. The number of aliphatic carboxylic acids is 1. The third-order valence-corrected chi connectivity index (χ3v) is 3.07. The van der Waals surface area contributed by atoms with Gasteiger partial charge in [-0.25, -0.2) is 8.78 Å². The van der Waals surface area contributed by atoms with Crippen LogP contribution in [0.3, 0.4) is 0 Å². The first-order chi connectivity index (χ1) is 8.08.